The van der Waals surface area contributed by atoms with Crippen LogP contribution in [-0.4, -0.2) is 24.6 Å². The van der Waals surface area contributed by atoms with Gasteiger partial charge in [-0.15, -0.1) is 0 Å². The summed E-state index contributed by atoms with van der Waals surface area (Å²) in [6, 6.07) is 8.48. The smallest absolute Gasteiger partial charge is 0.221 e. The Morgan fingerprint density at radius 2 is 2.00 bits per heavy atom. The van der Waals surface area contributed by atoms with Crippen LogP contribution in [0.4, 0.5) is 0 Å². The second-order valence-electron chi connectivity index (χ2n) is 5.97. The van der Waals surface area contributed by atoms with E-state index in [9.17, 15) is 4.79 Å². The summed E-state index contributed by atoms with van der Waals surface area (Å²) in [6.07, 6.45) is 3.14. The number of ether oxygens (including phenoxy) is 1. The molecule has 1 aromatic carbocycles. The largest absolute Gasteiger partial charge is 0.491 e. The Bertz CT molecular complexity index is 470. The average molecular weight is 290 g/mol. The maximum absolute atomic E-state index is 12.0. The van der Waals surface area contributed by atoms with Crippen molar-refractivity contribution in [3.63, 3.8) is 0 Å². The summed E-state index contributed by atoms with van der Waals surface area (Å²) in [4.78, 5) is 12.0. The molecule has 0 heterocycles. The number of hydrogen-bond donors (Lipinski definition) is 2. The highest BCUT2D eigenvalue weighted by molar-refractivity contribution is 5.76. The Hall–Kier alpha value is -1.55. The van der Waals surface area contributed by atoms with Gasteiger partial charge in [-0.2, -0.15) is 0 Å². The normalized spacial score (nSPS) is 15.8. The van der Waals surface area contributed by atoms with Crippen molar-refractivity contribution in [2.24, 2.45) is 0 Å². The second-order valence-corrected chi connectivity index (χ2v) is 5.97. The van der Waals surface area contributed by atoms with Crippen LogP contribution in [0.25, 0.3) is 0 Å². The molecule has 0 spiro atoms. The molecule has 116 valence electrons. The van der Waals surface area contributed by atoms with Gasteiger partial charge in [-0.3, -0.25) is 4.79 Å². The van der Waals surface area contributed by atoms with E-state index in [0.717, 1.165) is 17.9 Å². The fraction of sp³-hybridized carbons (Fsp3) is 0.588. The van der Waals surface area contributed by atoms with Gasteiger partial charge in [-0.25, -0.2) is 0 Å². The van der Waals surface area contributed by atoms with Crippen molar-refractivity contribution in [3.8, 4) is 5.75 Å². The van der Waals surface area contributed by atoms with Gasteiger partial charge < -0.3 is 15.4 Å². The van der Waals surface area contributed by atoms with E-state index in [-0.39, 0.29) is 18.1 Å². The van der Waals surface area contributed by atoms with Gasteiger partial charge in [-0.05, 0) is 39.7 Å². The van der Waals surface area contributed by atoms with Gasteiger partial charge in [0.1, 0.15) is 5.75 Å². The van der Waals surface area contributed by atoms with Crippen LogP contribution in [0.5, 0.6) is 5.75 Å². The number of carbonyl (C=O) groups excluding carboxylic acids is 1. The summed E-state index contributed by atoms with van der Waals surface area (Å²) in [6.45, 7) is 6.76. The predicted molar refractivity (Wildman–Crippen MR) is 84.4 cm³/mol. The summed E-state index contributed by atoms with van der Waals surface area (Å²) in [5, 5.41) is 6.40. The molecule has 1 aliphatic rings. The molecule has 1 atom stereocenters. The van der Waals surface area contributed by atoms with E-state index in [1.807, 2.05) is 45.0 Å². The number of carbonyl (C=O) groups is 1. The van der Waals surface area contributed by atoms with E-state index in [2.05, 4.69) is 10.6 Å². The molecule has 0 saturated heterocycles. The molecule has 0 aliphatic heterocycles. The van der Waals surface area contributed by atoms with Crippen LogP contribution in [0, 0.1) is 0 Å². The lowest BCUT2D eigenvalue weighted by atomic mass is 10.1. The average Bonchev–Trinajstić information content (AvgIpc) is 3.22. The van der Waals surface area contributed by atoms with Gasteiger partial charge in [0, 0.05) is 24.6 Å². The molecule has 1 aliphatic carbocycles. The summed E-state index contributed by atoms with van der Waals surface area (Å²) >= 11 is 0. The summed E-state index contributed by atoms with van der Waals surface area (Å²) in [5.41, 5.74) is 1.02. The van der Waals surface area contributed by atoms with E-state index in [4.69, 9.17) is 4.74 Å². The summed E-state index contributed by atoms with van der Waals surface area (Å²) in [7, 11) is 0. The topological polar surface area (TPSA) is 50.4 Å². The Balaban J connectivity index is 1.86. The maximum atomic E-state index is 12.0. The number of rotatable bonds is 8. The molecule has 0 radical (unpaired) electrons. The van der Waals surface area contributed by atoms with Crippen molar-refractivity contribution < 1.29 is 9.53 Å². The van der Waals surface area contributed by atoms with Crippen LogP contribution in [0.1, 0.15) is 51.6 Å². The quantitative estimate of drug-likeness (QED) is 0.774. The van der Waals surface area contributed by atoms with Crippen LogP contribution in [0.2, 0.25) is 0 Å². The minimum atomic E-state index is -0.0478. The molecule has 21 heavy (non-hydrogen) atoms. The summed E-state index contributed by atoms with van der Waals surface area (Å²) in [5.74, 6) is 0.923. The zero-order chi connectivity index (χ0) is 15.2. The molecule has 1 unspecified atom stereocenters. The molecule has 0 bridgehead atoms. The number of benzene rings is 1. The fourth-order valence-electron chi connectivity index (χ4n) is 2.27. The molecular weight excluding hydrogens is 264 g/mol. The van der Waals surface area contributed by atoms with Gasteiger partial charge in [-0.1, -0.05) is 18.2 Å². The van der Waals surface area contributed by atoms with Crippen molar-refractivity contribution in [2.45, 2.75) is 58.2 Å². The summed E-state index contributed by atoms with van der Waals surface area (Å²) < 4.78 is 5.81. The van der Waals surface area contributed by atoms with E-state index < -0.39 is 0 Å². The maximum Gasteiger partial charge on any atom is 0.221 e. The Kier molecular flexibility index (Phi) is 5.62. The number of nitrogens with one attached hydrogen (secondary N) is 2. The highest BCUT2D eigenvalue weighted by Crippen LogP contribution is 2.25. The van der Waals surface area contributed by atoms with Gasteiger partial charge in [0.2, 0.25) is 5.91 Å². The lowest BCUT2D eigenvalue weighted by molar-refractivity contribution is -0.121. The van der Waals surface area contributed by atoms with Crippen molar-refractivity contribution in [3.05, 3.63) is 29.8 Å². The minimum absolute atomic E-state index is 0.0478. The SMILES string of the molecule is CC(C)Oc1ccccc1C(C)NC(=O)CCNC1CC1. The van der Waals surface area contributed by atoms with Crippen LogP contribution < -0.4 is 15.4 Å². The molecule has 4 nitrogen and oxygen atoms in total. The Labute approximate surface area is 127 Å². The Morgan fingerprint density at radius 1 is 1.29 bits per heavy atom. The van der Waals surface area contributed by atoms with Gasteiger partial charge >= 0.3 is 0 Å². The molecule has 4 heteroatoms. The van der Waals surface area contributed by atoms with E-state index in [1.54, 1.807) is 0 Å². The standard InChI is InChI=1S/C17H26N2O2/c1-12(2)21-16-7-5-4-6-15(16)13(3)19-17(20)10-11-18-14-8-9-14/h4-7,12-14,18H,8-11H2,1-3H3,(H,19,20). The monoisotopic (exact) mass is 290 g/mol. The zero-order valence-corrected chi connectivity index (χ0v) is 13.2. The van der Waals surface area contributed by atoms with Gasteiger partial charge in [0.25, 0.3) is 0 Å². The molecular formula is C17H26N2O2. The number of hydrogen-bond acceptors (Lipinski definition) is 3. The number of para-hydroxylation sites is 1. The van der Waals surface area contributed by atoms with Gasteiger partial charge in [0.15, 0.2) is 0 Å². The molecule has 1 aromatic rings. The fourth-order valence-corrected chi connectivity index (χ4v) is 2.27. The van der Waals surface area contributed by atoms with Gasteiger partial charge in [0.05, 0.1) is 12.1 Å². The molecule has 0 aromatic heterocycles. The highest BCUT2D eigenvalue weighted by atomic mass is 16.5. The highest BCUT2D eigenvalue weighted by Gasteiger charge is 2.20. The minimum Gasteiger partial charge on any atom is -0.491 e. The lowest BCUT2D eigenvalue weighted by Gasteiger charge is -2.20. The molecule has 1 amide bonds. The second kappa shape index (κ2) is 7.46. The van der Waals surface area contributed by atoms with Crippen molar-refractivity contribution in [2.75, 3.05) is 6.54 Å². The van der Waals surface area contributed by atoms with E-state index >= 15 is 0 Å². The lowest BCUT2D eigenvalue weighted by Crippen LogP contribution is -2.30. The van der Waals surface area contributed by atoms with Crippen molar-refractivity contribution >= 4 is 5.91 Å². The van der Waals surface area contributed by atoms with Crippen molar-refractivity contribution in [1.82, 2.24) is 10.6 Å². The van der Waals surface area contributed by atoms with Crippen LogP contribution in [0.15, 0.2) is 24.3 Å². The first-order valence-electron chi connectivity index (χ1n) is 7.84. The molecule has 1 fully saturated rings. The van der Waals surface area contributed by atoms with Crippen LogP contribution >= 0.6 is 0 Å². The molecule has 2 rings (SSSR count). The first kappa shape index (κ1) is 15.8. The number of amides is 1. The predicted octanol–water partition coefficient (Wildman–Crippen LogP) is 2.79. The third-order valence-electron chi connectivity index (χ3n) is 3.49. The van der Waals surface area contributed by atoms with E-state index in [1.165, 1.54) is 12.8 Å². The third kappa shape index (κ3) is 5.38. The first-order valence-corrected chi connectivity index (χ1v) is 7.84. The molecule has 1 saturated carbocycles. The van der Waals surface area contributed by atoms with Crippen LogP contribution in [0.3, 0.4) is 0 Å². The first-order chi connectivity index (χ1) is 10.1. The third-order valence-corrected chi connectivity index (χ3v) is 3.49. The van der Waals surface area contributed by atoms with Crippen molar-refractivity contribution in [1.29, 1.82) is 0 Å². The molecule has 2 N–H and O–H groups in total. The van der Waals surface area contributed by atoms with Crippen LogP contribution in [-0.2, 0) is 4.79 Å². The zero-order valence-electron chi connectivity index (χ0n) is 13.2. The Morgan fingerprint density at radius 3 is 2.67 bits per heavy atom. The van der Waals surface area contributed by atoms with E-state index in [0.29, 0.717) is 12.5 Å².